The standard InChI is InChI=1S/C17H14BClN2O4S2/c1-4-25-16(23)14-13(22)11-12(20-17(26-3)21-15(11)27-14)7-5-10(24-2)8(18)6-9(7)19/h5-6,22H,4H2,1-3H3. The van der Waals surface area contributed by atoms with Gasteiger partial charge in [-0.2, -0.15) is 0 Å². The van der Waals surface area contributed by atoms with E-state index in [0.717, 1.165) is 11.3 Å². The Balaban J connectivity index is 2.34. The van der Waals surface area contributed by atoms with E-state index in [1.54, 1.807) is 19.1 Å². The van der Waals surface area contributed by atoms with Crippen molar-refractivity contribution in [3.8, 4) is 22.8 Å². The zero-order valence-electron chi connectivity index (χ0n) is 14.7. The fourth-order valence-electron chi connectivity index (χ4n) is 2.51. The molecule has 2 radical (unpaired) electrons. The molecule has 3 aromatic rings. The molecule has 2 heterocycles. The molecule has 0 aliphatic rings. The molecule has 0 aliphatic heterocycles. The molecule has 0 atom stereocenters. The van der Waals surface area contributed by atoms with E-state index in [0.29, 0.717) is 42.9 Å². The maximum absolute atomic E-state index is 12.2. The summed E-state index contributed by atoms with van der Waals surface area (Å²) in [6.07, 6.45) is 1.83. The number of methoxy groups -OCH3 is 1. The Hall–Kier alpha value is -1.97. The van der Waals surface area contributed by atoms with Gasteiger partial charge < -0.3 is 14.6 Å². The molecule has 0 aliphatic carbocycles. The summed E-state index contributed by atoms with van der Waals surface area (Å²) in [7, 11) is 7.39. The molecule has 0 spiro atoms. The monoisotopic (exact) mass is 420 g/mol. The summed E-state index contributed by atoms with van der Waals surface area (Å²) < 4.78 is 10.3. The average molecular weight is 421 g/mol. The Bertz CT molecular complexity index is 1040. The van der Waals surface area contributed by atoms with E-state index in [4.69, 9.17) is 28.9 Å². The second-order valence-corrected chi connectivity index (χ2v) is 7.49. The molecule has 138 valence electrons. The number of fused-ring (bicyclic) bond motifs is 1. The van der Waals surface area contributed by atoms with Gasteiger partial charge in [-0.15, -0.1) is 11.3 Å². The van der Waals surface area contributed by atoms with Crippen molar-refractivity contribution in [2.45, 2.75) is 12.1 Å². The Morgan fingerprint density at radius 3 is 2.78 bits per heavy atom. The van der Waals surface area contributed by atoms with Gasteiger partial charge in [0.1, 0.15) is 18.4 Å². The third-order valence-corrected chi connectivity index (χ3v) is 5.64. The van der Waals surface area contributed by atoms with Gasteiger partial charge in [-0.1, -0.05) is 28.8 Å². The molecule has 1 aromatic carbocycles. The summed E-state index contributed by atoms with van der Waals surface area (Å²) >= 11 is 8.76. The first kappa shape index (κ1) is 19.8. The second-order valence-electron chi connectivity index (χ2n) is 5.31. The van der Waals surface area contributed by atoms with Crippen LogP contribution in [0.3, 0.4) is 0 Å². The molecule has 0 saturated carbocycles. The number of thioether (sulfide) groups is 1. The van der Waals surface area contributed by atoms with Gasteiger partial charge in [0.25, 0.3) is 0 Å². The highest BCUT2D eigenvalue weighted by Gasteiger charge is 2.25. The van der Waals surface area contributed by atoms with Crippen LogP contribution < -0.4 is 10.2 Å². The van der Waals surface area contributed by atoms with Crippen molar-refractivity contribution in [2.24, 2.45) is 0 Å². The summed E-state index contributed by atoms with van der Waals surface area (Å²) in [5, 5.41) is 11.8. The van der Waals surface area contributed by atoms with Gasteiger partial charge in [-0.25, -0.2) is 14.8 Å². The van der Waals surface area contributed by atoms with E-state index in [1.165, 1.54) is 18.9 Å². The van der Waals surface area contributed by atoms with Crippen LogP contribution in [0.2, 0.25) is 5.02 Å². The van der Waals surface area contributed by atoms with Crippen molar-refractivity contribution in [3.05, 3.63) is 22.0 Å². The third kappa shape index (κ3) is 3.59. The third-order valence-electron chi connectivity index (χ3n) is 3.72. The number of halogens is 1. The summed E-state index contributed by atoms with van der Waals surface area (Å²) in [6, 6.07) is 3.20. The second kappa shape index (κ2) is 7.96. The van der Waals surface area contributed by atoms with Crippen LogP contribution in [0.1, 0.15) is 16.6 Å². The number of nitrogens with zero attached hydrogens (tertiary/aromatic N) is 2. The summed E-state index contributed by atoms with van der Waals surface area (Å²) in [5.74, 6) is -0.425. The lowest BCUT2D eigenvalue weighted by Gasteiger charge is -2.12. The number of esters is 1. The highest BCUT2D eigenvalue weighted by Crippen LogP contribution is 2.43. The largest absolute Gasteiger partial charge is 0.505 e. The molecule has 1 N–H and O–H groups in total. The van der Waals surface area contributed by atoms with E-state index in [2.05, 4.69) is 9.97 Å². The van der Waals surface area contributed by atoms with Gasteiger partial charge in [0.2, 0.25) is 0 Å². The zero-order chi connectivity index (χ0) is 19.7. The molecule has 2 aromatic heterocycles. The number of aromatic hydroxyl groups is 1. The highest BCUT2D eigenvalue weighted by molar-refractivity contribution is 7.98. The van der Waals surface area contributed by atoms with Crippen LogP contribution in [0.25, 0.3) is 21.5 Å². The van der Waals surface area contributed by atoms with Gasteiger partial charge >= 0.3 is 5.97 Å². The molecule has 27 heavy (non-hydrogen) atoms. The topological polar surface area (TPSA) is 81.5 Å². The maximum Gasteiger partial charge on any atom is 0.352 e. The van der Waals surface area contributed by atoms with Gasteiger partial charge in [0.15, 0.2) is 15.8 Å². The minimum absolute atomic E-state index is 0.0687. The predicted molar refractivity (Wildman–Crippen MR) is 109 cm³/mol. The predicted octanol–water partition coefficient (Wildman–Crippen LogP) is 3.42. The van der Waals surface area contributed by atoms with Crippen molar-refractivity contribution in [1.29, 1.82) is 0 Å². The Kier molecular flexibility index (Phi) is 5.83. The Morgan fingerprint density at radius 2 is 2.15 bits per heavy atom. The van der Waals surface area contributed by atoms with Crippen molar-refractivity contribution in [1.82, 2.24) is 9.97 Å². The highest BCUT2D eigenvalue weighted by atomic mass is 35.5. The van der Waals surface area contributed by atoms with Crippen LogP contribution in [0, 0.1) is 0 Å². The minimum atomic E-state index is -0.615. The van der Waals surface area contributed by atoms with E-state index < -0.39 is 5.97 Å². The number of rotatable bonds is 5. The molecule has 3 rings (SSSR count). The fourth-order valence-corrected chi connectivity index (χ4v) is 4.16. The normalized spacial score (nSPS) is 11.0. The molecular formula is C17H14BClN2O4S2. The molecule has 0 fully saturated rings. The molecule has 0 bridgehead atoms. The van der Waals surface area contributed by atoms with Crippen molar-refractivity contribution in [2.75, 3.05) is 20.0 Å². The zero-order valence-corrected chi connectivity index (χ0v) is 17.1. The van der Waals surface area contributed by atoms with Crippen LogP contribution in [0.15, 0.2) is 17.3 Å². The van der Waals surface area contributed by atoms with Crippen molar-refractivity contribution in [3.63, 3.8) is 0 Å². The Morgan fingerprint density at radius 1 is 1.41 bits per heavy atom. The number of ether oxygens (including phenoxy) is 2. The number of carbonyl (C=O) groups is 1. The first-order chi connectivity index (χ1) is 12.9. The first-order valence-corrected chi connectivity index (χ1v) is 10.2. The summed E-state index contributed by atoms with van der Waals surface area (Å²) in [5.41, 5.74) is 1.27. The van der Waals surface area contributed by atoms with Crippen LogP contribution in [0.5, 0.6) is 11.5 Å². The number of hydrogen-bond donors (Lipinski definition) is 1. The lowest BCUT2D eigenvalue weighted by Crippen LogP contribution is -2.07. The average Bonchev–Trinajstić information content (AvgIpc) is 2.98. The minimum Gasteiger partial charge on any atom is -0.505 e. The van der Waals surface area contributed by atoms with Crippen LogP contribution in [-0.4, -0.2) is 48.9 Å². The maximum atomic E-state index is 12.2. The lowest BCUT2D eigenvalue weighted by atomic mass is 9.92. The number of aromatic nitrogens is 2. The van der Waals surface area contributed by atoms with E-state index in [1.807, 2.05) is 6.26 Å². The van der Waals surface area contributed by atoms with Crippen molar-refractivity contribution >= 4 is 64.2 Å². The summed E-state index contributed by atoms with van der Waals surface area (Å²) in [6.45, 7) is 1.89. The Labute approximate surface area is 170 Å². The van der Waals surface area contributed by atoms with Crippen molar-refractivity contribution < 1.29 is 19.4 Å². The molecular weight excluding hydrogens is 407 g/mol. The van der Waals surface area contributed by atoms with Gasteiger partial charge in [-0.05, 0) is 25.3 Å². The SMILES string of the molecule is [B]c1cc(Cl)c(-c2nc(SC)nc3sc(C(=O)OCC)c(O)c23)cc1OC. The number of hydrogen-bond acceptors (Lipinski definition) is 8. The van der Waals surface area contributed by atoms with E-state index in [9.17, 15) is 9.90 Å². The van der Waals surface area contributed by atoms with E-state index >= 15 is 0 Å². The quantitative estimate of drug-likeness (QED) is 0.293. The first-order valence-electron chi connectivity index (χ1n) is 7.79. The van der Waals surface area contributed by atoms with Gasteiger partial charge in [0.05, 0.1) is 24.8 Å². The molecule has 0 saturated heterocycles. The molecule has 0 amide bonds. The van der Waals surface area contributed by atoms with Crippen LogP contribution in [0.4, 0.5) is 0 Å². The number of benzene rings is 1. The lowest BCUT2D eigenvalue weighted by molar-refractivity contribution is 0.0529. The van der Waals surface area contributed by atoms with Crippen LogP contribution >= 0.6 is 34.7 Å². The summed E-state index contributed by atoms with van der Waals surface area (Å²) in [4.78, 5) is 21.6. The molecule has 6 nitrogen and oxygen atoms in total. The molecule has 0 unspecified atom stereocenters. The fraction of sp³-hybridized carbons (Fsp3) is 0.235. The molecule has 10 heteroatoms. The smallest absolute Gasteiger partial charge is 0.352 e. The van der Waals surface area contributed by atoms with Gasteiger partial charge in [-0.3, -0.25) is 0 Å². The van der Waals surface area contributed by atoms with Gasteiger partial charge in [0, 0.05) is 10.6 Å². The number of thiophene rings is 1. The van der Waals surface area contributed by atoms with Crippen LogP contribution in [-0.2, 0) is 4.74 Å². The number of carbonyl (C=O) groups excluding carboxylic acids is 1. The van der Waals surface area contributed by atoms with E-state index in [-0.39, 0.29) is 17.2 Å².